The molecule has 2 aromatic heterocycles. The zero-order valence-electron chi connectivity index (χ0n) is 19.4. The molecule has 1 fully saturated rings. The summed E-state index contributed by atoms with van der Waals surface area (Å²) in [4.78, 5) is 27.8. The molecule has 0 spiro atoms. The SMILES string of the molecule is COc1cc(Nc2ncc(C)c(Nc3ccc4oc(=O)[nH]c4c3)n2)ccc1N1CCN(C)CC1. The van der Waals surface area contributed by atoms with E-state index in [9.17, 15) is 4.79 Å². The first-order chi connectivity index (χ1) is 16.5. The maximum atomic E-state index is 11.4. The number of hydrogen-bond acceptors (Lipinski definition) is 9. The summed E-state index contributed by atoms with van der Waals surface area (Å²) in [6.45, 7) is 5.92. The first-order valence-electron chi connectivity index (χ1n) is 11.1. The molecule has 1 aliphatic rings. The highest BCUT2D eigenvalue weighted by atomic mass is 16.5. The summed E-state index contributed by atoms with van der Waals surface area (Å²) in [5, 5.41) is 6.56. The van der Waals surface area contributed by atoms with Crippen molar-refractivity contribution in [2.24, 2.45) is 0 Å². The van der Waals surface area contributed by atoms with Crippen LogP contribution >= 0.6 is 0 Å². The first kappa shape index (κ1) is 21.8. The van der Waals surface area contributed by atoms with E-state index in [4.69, 9.17) is 9.15 Å². The second-order valence-corrected chi connectivity index (χ2v) is 8.38. The maximum absolute atomic E-state index is 11.4. The van der Waals surface area contributed by atoms with Gasteiger partial charge in [-0.1, -0.05) is 0 Å². The van der Waals surface area contributed by atoms with E-state index in [2.05, 4.69) is 48.5 Å². The van der Waals surface area contributed by atoms with Crippen LogP contribution in [0.3, 0.4) is 0 Å². The number of fused-ring (bicyclic) bond motifs is 1. The molecule has 176 valence electrons. The van der Waals surface area contributed by atoms with Gasteiger partial charge in [-0.15, -0.1) is 0 Å². The molecule has 3 N–H and O–H groups in total. The number of aromatic nitrogens is 3. The van der Waals surface area contributed by atoms with E-state index in [-0.39, 0.29) is 0 Å². The Morgan fingerprint density at radius 2 is 1.82 bits per heavy atom. The smallest absolute Gasteiger partial charge is 0.417 e. The maximum Gasteiger partial charge on any atom is 0.417 e. The lowest BCUT2D eigenvalue weighted by atomic mass is 10.2. The number of hydrogen-bond donors (Lipinski definition) is 3. The molecule has 10 heteroatoms. The number of piperazine rings is 1. The summed E-state index contributed by atoms with van der Waals surface area (Å²) < 4.78 is 10.7. The van der Waals surface area contributed by atoms with Crippen molar-refractivity contribution in [3.05, 3.63) is 58.7 Å². The summed E-state index contributed by atoms with van der Waals surface area (Å²) in [5.74, 6) is 1.44. The molecule has 0 aliphatic carbocycles. The van der Waals surface area contributed by atoms with Crippen LogP contribution in [0.25, 0.3) is 11.1 Å². The molecule has 0 radical (unpaired) electrons. The molecular formula is C24H27N7O3. The zero-order valence-corrected chi connectivity index (χ0v) is 19.4. The van der Waals surface area contributed by atoms with Crippen molar-refractivity contribution in [1.82, 2.24) is 19.9 Å². The van der Waals surface area contributed by atoms with Crippen LogP contribution < -0.4 is 26.0 Å². The van der Waals surface area contributed by atoms with Crippen molar-refractivity contribution in [2.45, 2.75) is 6.92 Å². The number of methoxy groups -OCH3 is 1. The van der Waals surface area contributed by atoms with Crippen LogP contribution in [0.2, 0.25) is 0 Å². The van der Waals surface area contributed by atoms with E-state index in [1.807, 2.05) is 25.1 Å². The molecule has 0 unspecified atom stereocenters. The molecule has 1 aliphatic heterocycles. The number of H-pyrrole nitrogens is 1. The third kappa shape index (κ3) is 4.53. The summed E-state index contributed by atoms with van der Waals surface area (Å²) in [6, 6.07) is 11.4. The quantitative estimate of drug-likeness (QED) is 0.397. The van der Waals surface area contributed by atoms with E-state index in [0.29, 0.717) is 22.9 Å². The second kappa shape index (κ2) is 9.06. The number of nitrogens with one attached hydrogen (secondary N) is 3. The lowest BCUT2D eigenvalue weighted by Crippen LogP contribution is -2.44. The fraction of sp³-hybridized carbons (Fsp3) is 0.292. The van der Waals surface area contributed by atoms with Crippen molar-refractivity contribution in [2.75, 3.05) is 55.9 Å². The molecule has 0 bridgehead atoms. The molecule has 0 amide bonds. The second-order valence-electron chi connectivity index (χ2n) is 8.38. The molecule has 2 aromatic carbocycles. The van der Waals surface area contributed by atoms with E-state index in [1.165, 1.54) is 0 Å². The number of rotatable bonds is 6. The average Bonchev–Trinajstić information content (AvgIpc) is 3.21. The Bertz CT molecular complexity index is 1370. The van der Waals surface area contributed by atoms with Crippen LogP contribution in [0.1, 0.15) is 5.56 Å². The van der Waals surface area contributed by atoms with Crippen molar-refractivity contribution < 1.29 is 9.15 Å². The van der Waals surface area contributed by atoms with E-state index >= 15 is 0 Å². The van der Waals surface area contributed by atoms with Gasteiger partial charge >= 0.3 is 5.76 Å². The first-order valence-corrected chi connectivity index (χ1v) is 11.1. The third-order valence-electron chi connectivity index (χ3n) is 5.93. The number of likely N-dealkylation sites (N-methyl/N-ethyl adjacent to an activating group) is 1. The number of ether oxygens (including phenoxy) is 1. The Kier molecular flexibility index (Phi) is 5.81. The number of oxazole rings is 1. The van der Waals surface area contributed by atoms with Gasteiger partial charge in [0.05, 0.1) is 18.3 Å². The summed E-state index contributed by atoms with van der Waals surface area (Å²) in [5.41, 5.74) is 4.70. The van der Waals surface area contributed by atoms with Gasteiger partial charge in [0.1, 0.15) is 11.6 Å². The lowest BCUT2D eigenvalue weighted by Gasteiger charge is -2.34. The Labute approximate surface area is 196 Å². The summed E-state index contributed by atoms with van der Waals surface area (Å²) in [6.07, 6.45) is 1.76. The molecule has 5 rings (SSSR count). The van der Waals surface area contributed by atoms with Crippen LogP contribution in [-0.4, -0.2) is 60.2 Å². The number of nitrogens with zero attached hydrogens (tertiary/aromatic N) is 4. The minimum atomic E-state index is -0.481. The number of anilines is 5. The van der Waals surface area contributed by atoms with Crippen molar-refractivity contribution in [3.8, 4) is 5.75 Å². The van der Waals surface area contributed by atoms with Gasteiger partial charge in [-0.2, -0.15) is 4.98 Å². The molecule has 0 saturated carbocycles. The zero-order chi connectivity index (χ0) is 23.7. The topological polar surface area (TPSA) is 112 Å². The van der Waals surface area contributed by atoms with Gasteiger partial charge in [-0.05, 0) is 44.3 Å². The van der Waals surface area contributed by atoms with Crippen LogP contribution in [0.5, 0.6) is 5.75 Å². The predicted octanol–water partition coefficient (Wildman–Crippen LogP) is 3.47. The fourth-order valence-electron chi connectivity index (χ4n) is 3.99. The van der Waals surface area contributed by atoms with Crippen LogP contribution in [0, 0.1) is 6.92 Å². The molecule has 1 saturated heterocycles. The highest BCUT2D eigenvalue weighted by molar-refractivity contribution is 5.78. The van der Waals surface area contributed by atoms with Gasteiger partial charge in [0, 0.05) is 55.4 Å². The minimum absolute atomic E-state index is 0.459. The van der Waals surface area contributed by atoms with Gasteiger partial charge in [0.25, 0.3) is 0 Å². The lowest BCUT2D eigenvalue weighted by molar-refractivity contribution is 0.311. The summed E-state index contributed by atoms with van der Waals surface area (Å²) >= 11 is 0. The molecular weight excluding hydrogens is 434 g/mol. The number of benzene rings is 2. The van der Waals surface area contributed by atoms with E-state index in [1.54, 1.807) is 25.4 Å². The number of aromatic amines is 1. The Balaban J connectivity index is 1.35. The van der Waals surface area contributed by atoms with E-state index < -0.39 is 5.76 Å². The van der Waals surface area contributed by atoms with Crippen LogP contribution in [-0.2, 0) is 0 Å². The Morgan fingerprint density at radius 1 is 1.06 bits per heavy atom. The Hall–Kier alpha value is -4.05. The highest BCUT2D eigenvalue weighted by Crippen LogP contribution is 2.33. The Morgan fingerprint density at radius 3 is 2.62 bits per heavy atom. The molecule has 34 heavy (non-hydrogen) atoms. The monoisotopic (exact) mass is 461 g/mol. The van der Waals surface area contributed by atoms with Gasteiger partial charge in [-0.25, -0.2) is 9.78 Å². The van der Waals surface area contributed by atoms with Crippen molar-refractivity contribution >= 4 is 39.9 Å². The number of aryl methyl sites for hydroxylation is 1. The predicted molar refractivity (Wildman–Crippen MR) is 133 cm³/mol. The van der Waals surface area contributed by atoms with Crippen LogP contribution in [0.4, 0.5) is 28.8 Å². The molecule has 4 aromatic rings. The van der Waals surface area contributed by atoms with Gasteiger partial charge < -0.3 is 29.6 Å². The van der Waals surface area contributed by atoms with Crippen molar-refractivity contribution in [1.29, 1.82) is 0 Å². The van der Waals surface area contributed by atoms with Gasteiger partial charge in [0.15, 0.2) is 5.58 Å². The highest BCUT2D eigenvalue weighted by Gasteiger charge is 2.18. The molecule has 3 heterocycles. The summed E-state index contributed by atoms with van der Waals surface area (Å²) in [7, 11) is 3.83. The fourth-order valence-corrected chi connectivity index (χ4v) is 3.99. The van der Waals surface area contributed by atoms with Crippen molar-refractivity contribution in [3.63, 3.8) is 0 Å². The largest absolute Gasteiger partial charge is 0.495 e. The average molecular weight is 462 g/mol. The third-order valence-corrected chi connectivity index (χ3v) is 5.93. The normalized spacial score (nSPS) is 14.4. The molecule has 10 nitrogen and oxygen atoms in total. The molecule has 0 atom stereocenters. The minimum Gasteiger partial charge on any atom is -0.495 e. The van der Waals surface area contributed by atoms with Crippen LogP contribution in [0.15, 0.2) is 51.8 Å². The van der Waals surface area contributed by atoms with Gasteiger partial charge in [0.2, 0.25) is 5.95 Å². The standard InChI is InChI=1S/C24H27N7O3/c1-15-14-25-23(29-22(15)26-16-5-7-20-18(12-16)28-24(32)34-20)27-17-4-6-19(21(13-17)33-3)31-10-8-30(2)9-11-31/h4-7,12-14H,8-11H2,1-3H3,(H,28,32)(H2,25,26,27,29). The van der Waals surface area contributed by atoms with E-state index in [0.717, 1.165) is 54.6 Å². The van der Waals surface area contributed by atoms with Gasteiger partial charge in [-0.3, -0.25) is 4.98 Å².